The maximum absolute atomic E-state index is 10.8. The highest BCUT2D eigenvalue weighted by atomic mass is 35.5. The molecule has 0 spiro atoms. The van der Waals surface area contributed by atoms with Crippen LogP contribution in [-0.2, 0) is 11.2 Å². The second kappa shape index (κ2) is 6.66. The summed E-state index contributed by atoms with van der Waals surface area (Å²) in [5, 5.41) is 9.97. The number of hydrogen-bond acceptors (Lipinski definition) is 3. The summed E-state index contributed by atoms with van der Waals surface area (Å²) >= 11 is 12.6. The van der Waals surface area contributed by atoms with Crippen molar-refractivity contribution >= 4 is 34.9 Å². The fourth-order valence-electron chi connectivity index (χ4n) is 2.50. The van der Waals surface area contributed by atoms with Gasteiger partial charge in [0.15, 0.2) is 0 Å². The minimum Gasteiger partial charge on any atom is -0.480 e. The van der Waals surface area contributed by atoms with E-state index in [2.05, 4.69) is 4.90 Å². The zero-order valence-electron chi connectivity index (χ0n) is 11.1. The van der Waals surface area contributed by atoms with Crippen LogP contribution in [0.2, 0.25) is 10.0 Å². The Balaban J connectivity index is 2.22. The number of hydrogen-bond donors (Lipinski definition) is 2. The molecular weight excluding hydrogens is 299 g/mol. The largest absolute Gasteiger partial charge is 0.480 e. The number of halogens is 2. The zero-order valence-corrected chi connectivity index (χ0v) is 12.6. The fourth-order valence-corrected chi connectivity index (χ4v) is 3.27. The van der Waals surface area contributed by atoms with Crippen molar-refractivity contribution in [3.05, 3.63) is 27.7 Å². The van der Waals surface area contributed by atoms with E-state index < -0.39 is 12.0 Å². The average molecular weight is 317 g/mol. The van der Waals surface area contributed by atoms with Crippen LogP contribution in [0.25, 0.3) is 0 Å². The minimum atomic E-state index is -1.03. The van der Waals surface area contributed by atoms with E-state index in [1.807, 2.05) is 0 Å². The van der Waals surface area contributed by atoms with Gasteiger partial charge in [0.25, 0.3) is 0 Å². The number of carbonyl (C=O) groups is 1. The van der Waals surface area contributed by atoms with Crippen molar-refractivity contribution in [2.75, 3.05) is 18.0 Å². The summed E-state index contributed by atoms with van der Waals surface area (Å²) in [6.07, 6.45) is 3.73. The molecule has 0 saturated carbocycles. The van der Waals surface area contributed by atoms with Crippen LogP contribution in [0.5, 0.6) is 0 Å². The lowest BCUT2D eigenvalue weighted by Crippen LogP contribution is -2.32. The number of carboxylic acid groups (broad SMARTS) is 1. The van der Waals surface area contributed by atoms with Crippen molar-refractivity contribution in [3.8, 4) is 0 Å². The molecule has 1 heterocycles. The second-order valence-corrected chi connectivity index (χ2v) is 5.92. The maximum atomic E-state index is 10.8. The molecule has 1 aliphatic heterocycles. The lowest BCUT2D eigenvalue weighted by Gasteiger charge is -2.30. The monoisotopic (exact) mass is 316 g/mol. The number of nitrogens with zero attached hydrogens (tertiary/aromatic N) is 1. The molecule has 1 atom stereocenters. The number of benzene rings is 1. The minimum absolute atomic E-state index is 0.217. The predicted octanol–water partition coefficient (Wildman–Crippen LogP) is 2.94. The Morgan fingerprint density at radius 2 is 1.80 bits per heavy atom. The molecule has 0 radical (unpaired) electrons. The SMILES string of the molecule is NC(Cc1cc(Cl)c(N2CCCCC2)c(Cl)c1)C(=O)O. The Bertz CT molecular complexity index is 479. The van der Waals surface area contributed by atoms with Gasteiger partial charge in [0.2, 0.25) is 0 Å². The van der Waals surface area contributed by atoms with Gasteiger partial charge in [-0.1, -0.05) is 23.2 Å². The summed E-state index contributed by atoms with van der Waals surface area (Å²) in [4.78, 5) is 13.0. The van der Waals surface area contributed by atoms with Crippen molar-refractivity contribution in [1.82, 2.24) is 0 Å². The molecule has 1 aromatic carbocycles. The van der Waals surface area contributed by atoms with Gasteiger partial charge in [0.1, 0.15) is 6.04 Å². The van der Waals surface area contributed by atoms with Gasteiger partial charge in [-0.3, -0.25) is 4.79 Å². The van der Waals surface area contributed by atoms with E-state index >= 15 is 0 Å². The first-order valence-corrected chi connectivity index (χ1v) is 7.46. The van der Waals surface area contributed by atoms with Gasteiger partial charge in [0.05, 0.1) is 15.7 Å². The Morgan fingerprint density at radius 1 is 1.25 bits per heavy atom. The number of carboxylic acids is 1. The van der Waals surface area contributed by atoms with Gasteiger partial charge < -0.3 is 15.7 Å². The Kier molecular flexibility index (Phi) is 5.13. The highest BCUT2D eigenvalue weighted by Crippen LogP contribution is 2.36. The molecular formula is C14H18Cl2N2O2. The van der Waals surface area contributed by atoms with Crippen LogP contribution in [-0.4, -0.2) is 30.2 Å². The van der Waals surface area contributed by atoms with Crippen LogP contribution in [0, 0.1) is 0 Å². The van der Waals surface area contributed by atoms with Crippen LogP contribution in [0.4, 0.5) is 5.69 Å². The first kappa shape index (κ1) is 15.4. The molecule has 1 aromatic rings. The number of aliphatic carboxylic acids is 1. The van der Waals surface area contributed by atoms with Crippen LogP contribution < -0.4 is 10.6 Å². The predicted molar refractivity (Wildman–Crippen MR) is 81.8 cm³/mol. The Labute approximate surface area is 128 Å². The van der Waals surface area contributed by atoms with E-state index in [9.17, 15) is 4.79 Å². The first-order valence-electron chi connectivity index (χ1n) is 6.70. The summed E-state index contributed by atoms with van der Waals surface area (Å²) in [6.45, 7) is 1.90. The first-order chi connectivity index (χ1) is 9.49. The average Bonchev–Trinajstić information content (AvgIpc) is 2.39. The van der Waals surface area contributed by atoms with Crippen LogP contribution >= 0.6 is 23.2 Å². The van der Waals surface area contributed by atoms with Crippen molar-refractivity contribution in [2.24, 2.45) is 5.73 Å². The number of nitrogens with two attached hydrogens (primary N) is 1. The fraction of sp³-hybridized carbons (Fsp3) is 0.500. The number of rotatable bonds is 4. The molecule has 110 valence electrons. The molecule has 4 nitrogen and oxygen atoms in total. The third-order valence-corrected chi connectivity index (χ3v) is 4.10. The topological polar surface area (TPSA) is 66.6 Å². The summed E-state index contributed by atoms with van der Waals surface area (Å²) < 4.78 is 0. The van der Waals surface area contributed by atoms with E-state index in [0.29, 0.717) is 10.0 Å². The molecule has 0 bridgehead atoms. The van der Waals surface area contributed by atoms with E-state index in [1.54, 1.807) is 12.1 Å². The van der Waals surface area contributed by atoms with Crippen LogP contribution in [0.1, 0.15) is 24.8 Å². The van der Waals surface area contributed by atoms with E-state index in [0.717, 1.165) is 37.2 Å². The smallest absolute Gasteiger partial charge is 0.320 e. The maximum Gasteiger partial charge on any atom is 0.320 e. The molecule has 0 aliphatic carbocycles. The molecule has 1 saturated heterocycles. The van der Waals surface area contributed by atoms with Gasteiger partial charge in [-0.25, -0.2) is 0 Å². The van der Waals surface area contributed by atoms with Crippen molar-refractivity contribution in [2.45, 2.75) is 31.7 Å². The Morgan fingerprint density at radius 3 is 2.30 bits per heavy atom. The van der Waals surface area contributed by atoms with Crippen molar-refractivity contribution < 1.29 is 9.90 Å². The Hall–Kier alpha value is -0.970. The van der Waals surface area contributed by atoms with Gasteiger partial charge in [-0.05, 0) is 43.4 Å². The quantitative estimate of drug-likeness (QED) is 0.896. The highest BCUT2D eigenvalue weighted by Gasteiger charge is 2.19. The molecule has 0 amide bonds. The molecule has 3 N–H and O–H groups in total. The van der Waals surface area contributed by atoms with Gasteiger partial charge >= 0.3 is 5.97 Å². The summed E-state index contributed by atoms with van der Waals surface area (Å²) in [7, 11) is 0. The lowest BCUT2D eigenvalue weighted by molar-refractivity contribution is -0.138. The summed E-state index contributed by atoms with van der Waals surface area (Å²) in [6, 6.07) is 2.59. The van der Waals surface area contributed by atoms with Gasteiger partial charge in [-0.2, -0.15) is 0 Å². The third-order valence-electron chi connectivity index (χ3n) is 3.52. The normalized spacial score (nSPS) is 17.1. The van der Waals surface area contributed by atoms with E-state index in [-0.39, 0.29) is 6.42 Å². The zero-order chi connectivity index (χ0) is 14.7. The van der Waals surface area contributed by atoms with Crippen molar-refractivity contribution in [3.63, 3.8) is 0 Å². The molecule has 1 aliphatic rings. The molecule has 1 unspecified atom stereocenters. The standard InChI is InChI=1S/C14H18Cl2N2O2/c15-10-6-9(8-12(17)14(19)20)7-11(16)13(10)18-4-2-1-3-5-18/h6-7,12H,1-5,8,17H2,(H,19,20). The van der Waals surface area contributed by atoms with Crippen molar-refractivity contribution in [1.29, 1.82) is 0 Å². The molecule has 0 aromatic heterocycles. The lowest BCUT2D eigenvalue weighted by atomic mass is 10.0. The number of piperidine rings is 1. The van der Waals surface area contributed by atoms with Gasteiger partial charge in [-0.15, -0.1) is 0 Å². The van der Waals surface area contributed by atoms with Crippen LogP contribution in [0.15, 0.2) is 12.1 Å². The third kappa shape index (κ3) is 3.57. The molecule has 2 rings (SSSR count). The summed E-state index contributed by atoms with van der Waals surface area (Å²) in [5.74, 6) is -1.03. The molecule has 6 heteroatoms. The van der Waals surface area contributed by atoms with E-state index in [4.69, 9.17) is 34.0 Å². The highest BCUT2D eigenvalue weighted by molar-refractivity contribution is 6.39. The molecule has 1 fully saturated rings. The van der Waals surface area contributed by atoms with E-state index in [1.165, 1.54) is 6.42 Å². The number of anilines is 1. The summed E-state index contributed by atoms with van der Waals surface area (Å²) in [5.41, 5.74) is 7.13. The van der Waals surface area contributed by atoms with Gasteiger partial charge in [0, 0.05) is 13.1 Å². The molecule has 20 heavy (non-hydrogen) atoms. The second-order valence-electron chi connectivity index (χ2n) is 5.10. The van der Waals surface area contributed by atoms with Crippen LogP contribution in [0.3, 0.4) is 0 Å².